The predicted molar refractivity (Wildman–Crippen MR) is 93.9 cm³/mol. The lowest BCUT2D eigenvalue weighted by Gasteiger charge is -2.18. The van der Waals surface area contributed by atoms with Gasteiger partial charge in [0.25, 0.3) is 0 Å². The Morgan fingerprint density at radius 3 is 2.67 bits per heavy atom. The van der Waals surface area contributed by atoms with E-state index in [1.165, 1.54) is 18.2 Å². The zero-order chi connectivity index (χ0) is 17.4. The fourth-order valence-electron chi connectivity index (χ4n) is 2.28. The Hall–Kier alpha value is -2.87. The lowest BCUT2D eigenvalue weighted by molar-refractivity contribution is 0.609. The van der Waals surface area contributed by atoms with Crippen molar-refractivity contribution in [2.75, 3.05) is 6.54 Å². The van der Waals surface area contributed by atoms with Gasteiger partial charge in [-0.15, -0.1) is 0 Å². The van der Waals surface area contributed by atoms with Gasteiger partial charge in [0.05, 0.1) is 24.2 Å². The monoisotopic (exact) mass is 324 g/mol. The molecule has 0 aliphatic carbocycles. The minimum Gasteiger partial charge on any atom is -0.357 e. The van der Waals surface area contributed by atoms with Gasteiger partial charge >= 0.3 is 0 Å². The molecule has 0 heterocycles. The van der Waals surface area contributed by atoms with Gasteiger partial charge in [-0.3, -0.25) is 0 Å². The molecule has 0 aliphatic rings. The molecule has 2 N–H and O–H groups in total. The van der Waals surface area contributed by atoms with E-state index in [-0.39, 0.29) is 18.4 Å². The van der Waals surface area contributed by atoms with Crippen LogP contribution in [0.1, 0.15) is 36.6 Å². The maximum absolute atomic E-state index is 13.9. The van der Waals surface area contributed by atoms with Crippen molar-refractivity contribution < 1.29 is 4.39 Å². The number of nitriles is 1. The van der Waals surface area contributed by atoms with E-state index in [9.17, 15) is 4.39 Å². The minimum atomic E-state index is -0.357. The number of halogens is 1. The third kappa shape index (κ3) is 4.82. The maximum atomic E-state index is 13.9. The third-order valence-electron chi connectivity index (χ3n) is 3.58. The van der Waals surface area contributed by atoms with E-state index in [4.69, 9.17) is 5.26 Å². The number of hydrogen-bond donors (Lipinski definition) is 2. The molecule has 1 unspecified atom stereocenters. The van der Waals surface area contributed by atoms with Gasteiger partial charge in [-0.1, -0.05) is 30.3 Å². The smallest absolute Gasteiger partial charge is 0.192 e. The molecule has 0 saturated heterocycles. The molecule has 2 aromatic carbocycles. The van der Waals surface area contributed by atoms with Gasteiger partial charge in [-0.05, 0) is 37.6 Å². The first-order valence-corrected chi connectivity index (χ1v) is 7.92. The number of aliphatic imine (C=N–C) groups is 1. The van der Waals surface area contributed by atoms with Crippen LogP contribution in [0.3, 0.4) is 0 Å². The molecule has 0 aliphatic heterocycles. The van der Waals surface area contributed by atoms with Crippen LogP contribution in [0.25, 0.3) is 0 Å². The summed E-state index contributed by atoms with van der Waals surface area (Å²) in [6.45, 7) is 4.88. The summed E-state index contributed by atoms with van der Waals surface area (Å²) in [5.41, 5.74) is 1.97. The first-order valence-electron chi connectivity index (χ1n) is 7.92. The second-order valence-corrected chi connectivity index (χ2v) is 5.39. The number of nitrogens with zero attached hydrogens (tertiary/aromatic N) is 2. The van der Waals surface area contributed by atoms with Crippen molar-refractivity contribution >= 4 is 5.96 Å². The van der Waals surface area contributed by atoms with Crippen LogP contribution in [0, 0.1) is 17.1 Å². The highest BCUT2D eigenvalue weighted by Gasteiger charge is 2.08. The standard InChI is InChI=1S/C19H21FN4/c1-3-22-19(24-14(2)16-7-5-4-6-8-16)23-13-17-11-15(12-21)9-10-18(17)20/h4-11,14H,3,13H2,1-2H3,(H2,22,23,24). The first kappa shape index (κ1) is 17.5. The normalized spacial score (nSPS) is 12.3. The molecule has 0 radical (unpaired) electrons. The van der Waals surface area contributed by atoms with Gasteiger partial charge in [0.15, 0.2) is 5.96 Å². The van der Waals surface area contributed by atoms with Crippen LogP contribution in [-0.2, 0) is 6.54 Å². The van der Waals surface area contributed by atoms with E-state index >= 15 is 0 Å². The SMILES string of the molecule is CCNC(=NCc1cc(C#N)ccc1F)NC(C)c1ccccc1. The van der Waals surface area contributed by atoms with E-state index in [2.05, 4.69) is 15.6 Å². The van der Waals surface area contributed by atoms with Gasteiger partial charge in [-0.25, -0.2) is 9.38 Å². The van der Waals surface area contributed by atoms with E-state index in [0.29, 0.717) is 23.6 Å². The fourth-order valence-corrected chi connectivity index (χ4v) is 2.28. The zero-order valence-corrected chi connectivity index (χ0v) is 13.9. The minimum absolute atomic E-state index is 0.0688. The largest absolute Gasteiger partial charge is 0.357 e. The van der Waals surface area contributed by atoms with E-state index in [1.807, 2.05) is 50.2 Å². The van der Waals surface area contributed by atoms with Gasteiger partial charge in [-0.2, -0.15) is 5.26 Å². The number of guanidine groups is 1. The summed E-state index contributed by atoms with van der Waals surface area (Å²) in [6.07, 6.45) is 0. The van der Waals surface area contributed by atoms with Crippen LogP contribution in [0.2, 0.25) is 0 Å². The Morgan fingerprint density at radius 2 is 2.00 bits per heavy atom. The summed E-state index contributed by atoms with van der Waals surface area (Å²) in [6, 6.07) is 16.4. The summed E-state index contributed by atoms with van der Waals surface area (Å²) in [5, 5.41) is 15.4. The highest BCUT2D eigenvalue weighted by atomic mass is 19.1. The van der Waals surface area contributed by atoms with Crippen LogP contribution in [-0.4, -0.2) is 12.5 Å². The maximum Gasteiger partial charge on any atom is 0.192 e. The molecule has 0 bridgehead atoms. The first-order chi connectivity index (χ1) is 11.6. The summed E-state index contributed by atoms with van der Waals surface area (Å²) in [5.74, 6) is 0.250. The number of benzene rings is 2. The van der Waals surface area contributed by atoms with Crippen molar-refractivity contribution in [1.82, 2.24) is 10.6 Å². The van der Waals surface area contributed by atoms with Crippen LogP contribution >= 0.6 is 0 Å². The molecule has 1 atom stereocenters. The Kier molecular flexibility index (Phi) is 6.32. The Morgan fingerprint density at radius 1 is 1.25 bits per heavy atom. The fraction of sp³-hybridized carbons (Fsp3) is 0.263. The topological polar surface area (TPSA) is 60.2 Å². The van der Waals surface area contributed by atoms with Gasteiger partial charge in [0, 0.05) is 12.1 Å². The predicted octanol–water partition coefficient (Wildman–Crippen LogP) is 3.51. The average molecular weight is 324 g/mol. The van der Waals surface area contributed by atoms with Crippen molar-refractivity contribution in [2.45, 2.75) is 26.4 Å². The van der Waals surface area contributed by atoms with Crippen LogP contribution < -0.4 is 10.6 Å². The molecule has 2 rings (SSSR count). The molecule has 2 aromatic rings. The molecule has 4 nitrogen and oxygen atoms in total. The van der Waals surface area contributed by atoms with E-state index in [1.54, 1.807) is 0 Å². The molecule has 0 spiro atoms. The molecular formula is C19H21FN4. The Bertz CT molecular complexity index is 735. The molecule has 124 valence electrons. The van der Waals surface area contributed by atoms with Crippen LogP contribution in [0.15, 0.2) is 53.5 Å². The lowest BCUT2D eigenvalue weighted by atomic mass is 10.1. The van der Waals surface area contributed by atoms with E-state index < -0.39 is 0 Å². The van der Waals surface area contributed by atoms with E-state index in [0.717, 1.165) is 5.56 Å². The molecular weight excluding hydrogens is 303 g/mol. The zero-order valence-electron chi connectivity index (χ0n) is 13.9. The Labute approximate surface area is 142 Å². The summed E-state index contributed by atoms with van der Waals surface area (Å²) >= 11 is 0. The molecule has 24 heavy (non-hydrogen) atoms. The van der Waals surface area contributed by atoms with Crippen molar-refractivity contribution in [3.05, 3.63) is 71.0 Å². The second kappa shape index (κ2) is 8.68. The molecule has 0 fully saturated rings. The van der Waals surface area contributed by atoms with Crippen molar-refractivity contribution in [3.8, 4) is 6.07 Å². The van der Waals surface area contributed by atoms with Gasteiger partial charge in [0.1, 0.15) is 5.82 Å². The van der Waals surface area contributed by atoms with Crippen LogP contribution in [0.4, 0.5) is 4.39 Å². The third-order valence-corrected chi connectivity index (χ3v) is 3.58. The lowest BCUT2D eigenvalue weighted by Crippen LogP contribution is -2.38. The summed E-state index contributed by atoms with van der Waals surface area (Å²) < 4.78 is 13.9. The molecule has 5 heteroatoms. The van der Waals surface area contributed by atoms with Crippen LogP contribution in [0.5, 0.6) is 0 Å². The van der Waals surface area contributed by atoms with Gasteiger partial charge in [0.2, 0.25) is 0 Å². The highest BCUT2D eigenvalue weighted by molar-refractivity contribution is 5.80. The number of nitrogens with one attached hydrogen (secondary N) is 2. The molecule has 0 amide bonds. The Balaban J connectivity index is 2.12. The highest BCUT2D eigenvalue weighted by Crippen LogP contribution is 2.13. The average Bonchev–Trinajstić information content (AvgIpc) is 2.61. The quantitative estimate of drug-likeness (QED) is 0.653. The number of rotatable bonds is 5. The number of hydrogen-bond acceptors (Lipinski definition) is 2. The second-order valence-electron chi connectivity index (χ2n) is 5.39. The summed E-state index contributed by atoms with van der Waals surface area (Å²) in [4.78, 5) is 4.43. The van der Waals surface area contributed by atoms with Crippen molar-refractivity contribution in [1.29, 1.82) is 5.26 Å². The van der Waals surface area contributed by atoms with Gasteiger partial charge < -0.3 is 10.6 Å². The summed E-state index contributed by atoms with van der Waals surface area (Å²) in [7, 11) is 0. The molecule has 0 aromatic heterocycles. The van der Waals surface area contributed by atoms with Crippen molar-refractivity contribution in [3.63, 3.8) is 0 Å². The molecule has 0 saturated carbocycles. The van der Waals surface area contributed by atoms with Crippen molar-refractivity contribution in [2.24, 2.45) is 4.99 Å².